The standard InChI is InChI=1S/C17H24N4/c1-20-9-7-14(8-10-20)21(2)17-16-6-4-3-5-15(16)13(11-18)12-19-17/h3-6,12,14H,7-11,18H2,1-2H3. The number of nitrogens with zero attached hydrogens (tertiary/aromatic N) is 3. The second kappa shape index (κ2) is 6.00. The monoisotopic (exact) mass is 284 g/mol. The van der Waals surface area contributed by atoms with E-state index in [2.05, 4.69) is 48.2 Å². The van der Waals surface area contributed by atoms with E-state index in [9.17, 15) is 0 Å². The summed E-state index contributed by atoms with van der Waals surface area (Å²) in [6.45, 7) is 2.85. The number of hydrogen-bond donors (Lipinski definition) is 1. The Labute approximate surface area is 126 Å². The van der Waals surface area contributed by atoms with Crippen LogP contribution in [0.3, 0.4) is 0 Å². The topological polar surface area (TPSA) is 45.4 Å². The van der Waals surface area contributed by atoms with Crippen molar-refractivity contribution in [1.82, 2.24) is 9.88 Å². The summed E-state index contributed by atoms with van der Waals surface area (Å²) in [7, 11) is 4.37. The summed E-state index contributed by atoms with van der Waals surface area (Å²) in [6.07, 6.45) is 4.33. The molecule has 1 aliphatic rings. The molecule has 0 radical (unpaired) electrons. The van der Waals surface area contributed by atoms with Crippen LogP contribution in [0, 0.1) is 0 Å². The molecule has 2 N–H and O–H groups in total. The summed E-state index contributed by atoms with van der Waals surface area (Å²) in [6, 6.07) is 9.02. The van der Waals surface area contributed by atoms with Gasteiger partial charge in [-0.25, -0.2) is 4.98 Å². The summed E-state index contributed by atoms with van der Waals surface area (Å²) >= 11 is 0. The maximum atomic E-state index is 5.84. The van der Waals surface area contributed by atoms with Gasteiger partial charge in [-0.2, -0.15) is 0 Å². The maximum absolute atomic E-state index is 5.84. The molecule has 4 nitrogen and oxygen atoms in total. The highest BCUT2D eigenvalue weighted by Gasteiger charge is 2.22. The summed E-state index contributed by atoms with van der Waals surface area (Å²) in [5.41, 5.74) is 6.96. The number of fused-ring (bicyclic) bond motifs is 1. The van der Waals surface area contributed by atoms with Gasteiger partial charge in [-0.05, 0) is 43.9 Å². The fourth-order valence-corrected chi connectivity index (χ4v) is 3.24. The summed E-state index contributed by atoms with van der Waals surface area (Å²) in [5, 5.41) is 2.44. The number of anilines is 1. The number of hydrogen-bond acceptors (Lipinski definition) is 4. The second-order valence-corrected chi connectivity index (χ2v) is 6.00. The number of likely N-dealkylation sites (tertiary alicyclic amines) is 1. The van der Waals surface area contributed by atoms with Crippen molar-refractivity contribution in [3.8, 4) is 0 Å². The van der Waals surface area contributed by atoms with Gasteiger partial charge in [0.25, 0.3) is 0 Å². The van der Waals surface area contributed by atoms with Gasteiger partial charge in [-0.3, -0.25) is 0 Å². The fourth-order valence-electron chi connectivity index (χ4n) is 3.24. The van der Waals surface area contributed by atoms with E-state index in [1.54, 1.807) is 0 Å². The van der Waals surface area contributed by atoms with Gasteiger partial charge in [-0.15, -0.1) is 0 Å². The predicted octanol–water partition coefficient (Wildman–Crippen LogP) is 2.22. The molecule has 1 fully saturated rings. The second-order valence-electron chi connectivity index (χ2n) is 6.00. The Morgan fingerprint density at radius 2 is 1.90 bits per heavy atom. The lowest BCUT2D eigenvalue weighted by Crippen LogP contribution is -2.42. The lowest BCUT2D eigenvalue weighted by atomic mass is 10.0. The molecule has 0 bridgehead atoms. The van der Waals surface area contributed by atoms with Crippen LogP contribution in [0.2, 0.25) is 0 Å². The van der Waals surface area contributed by atoms with Crippen molar-refractivity contribution in [2.75, 3.05) is 32.1 Å². The van der Waals surface area contributed by atoms with Gasteiger partial charge < -0.3 is 15.5 Å². The van der Waals surface area contributed by atoms with Gasteiger partial charge in [-0.1, -0.05) is 24.3 Å². The van der Waals surface area contributed by atoms with Crippen molar-refractivity contribution in [1.29, 1.82) is 0 Å². The average molecular weight is 284 g/mol. The van der Waals surface area contributed by atoms with Gasteiger partial charge in [0.1, 0.15) is 5.82 Å². The first kappa shape index (κ1) is 14.3. The van der Waals surface area contributed by atoms with Crippen LogP contribution in [0.15, 0.2) is 30.5 Å². The Bertz CT molecular complexity index is 617. The number of benzene rings is 1. The zero-order chi connectivity index (χ0) is 14.8. The third-order valence-electron chi connectivity index (χ3n) is 4.65. The minimum Gasteiger partial charge on any atom is -0.356 e. The zero-order valence-corrected chi connectivity index (χ0v) is 12.9. The van der Waals surface area contributed by atoms with Crippen LogP contribution >= 0.6 is 0 Å². The van der Waals surface area contributed by atoms with Crippen LogP contribution in [0.4, 0.5) is 5.82 Å². The normalized spacial score (nSPS) is 17.3. The molecule has 2 aromatic rings. The Kier molecular flexibility index (Phi) is 4.08. The molecule has 112 valence electrons. The summed E-state index contributed by atoms with van der Waals surface area (Å²) in [4.78, 5) is 9.46. The molecule has 0 unspecified atom stereocenters. The largest absolute Gasteiger partial charge is 0.356 e. The number of pyridine rings is 1. The first-order valence-electron chi connectivity index (χ1n) is 7.68. The molecule has 2 heterocycles. The lowest BCUT2D eigenvalue weighted by molar-refractivity contribution is 0.252. The molecule has 0 atom stereocenters. The van der Waals surface area contributed by atoms with E-state index in [4.69, 9.17) is 10.7 Å². The lowest BCUT2D eigenvalue weighted by Gasteiger charge is -2.36. The minimum atomic E-state index is 0.533. The Morgan fingerprint density at radius 3 is 2.57 bits per heavy atom. The Morgan fingerprint density at radius 1 is 1.24 bits per heavy atom. The van der Waals surface area contributed by atoms with Crippen LogP contribution in [0.5, 0.6) is 0 Å². The van der Waals surface area contributed by atoms with Crippen LogP contribution in [-0.4, -0.2) is 43.1 Å². The number of rotatable bonds is 3. The van der Waals surface area contributed by atoms with Crippen molar-refractivity contribution in [3.05, 3.63) is 36.0 Å². The molecule has 0 saturated carbocycles. The van der Waals surface area contributed by atoms with Gasteiger partial charge in [0.2, 0.25) is 0 Å². The van der Waals surface area contributed by atoms with E-state index in [1.165, 1.54) is 23.6 Å². The van der Waals surface area contributed by atoms with E-state index in [-0.39, 0.29) is 0 Å². The molecule has 0 amide bonds. The third-order valence-corrected chi connectivity index (χ3v) is 4.65. The van der Waals surface area contributed by atoms with Crippen molar-refractivity contribution in [3.63, 3.8) is 0 Å². The van der Waals surface area contributed by atoms with Gasteiger partial charge in [0.05, 0.1) is 0 Å². The third kappa shape index (κ3) is 2.74. The molecular formula is C17H24N4. The van der Waals surface area contributed by atoms with Gasteiger partial charge in [0.15, 0.2) is 0 Å². The Balaban J connectivity index is 1.96. The quantitative estimate of drug-likeness (QED) is 0.939. The molecule has 0 aliphatic carbocycles. The zero-order valence-electron chi connectivity index (χ0n) is 12.9. The molecule has 3 rings (SSSR count). The molecule has 1 aliphatic heterocycles. The summed E-state index contributed by atoms with van der Waals surface area (Å²) < 4.78 is 0. The van der Waals surface area contributed by atoms with Crippen molar-refractivity contribution < 1.29 is 0 Å². The first-order chi connectivity index (χ1) is 10.2. The van der Waals surface area contributed by atoms with Gasteiger partial charge in [0, 0.05) is 31.2 Å². The number of nitrogens with two attached hydrogens (primary N) is 1. The van der Waals surface area contributed by atoms with Crippen LogP contribution in [0.1, 0.15) is 18.4 Å². The van der Waals surface area contributed by atoms with E-state index in [0.717, 1.165) is 24.5 Å². The van der Waals surface area contributed by atoms with Crippen molar-refractivity contribution >= 4 is 16.6 Å². The van der Waals surface area contributed by atoms with Crippen molar-refractivity contribution in [2.45, 2.75) is 25.4 Å². The Hall–Kier alpha value is -1.65. The molecule has 1 aromatic carbocycles. The molecular weight excluding hydrogens is 260 g/mol. The van der Waals surface area contributed by atoms with Crippen LogP contribution in [-0.2, 0) is 6.54 Å². The maximum Gasteiger partial charge on any atom is 0.136 e. The van der Waals surface area contributed by atoms with E-state index >= 15 is 0 Å². The molecule has 21 heavy (non-hydrogen) atoms. The summed E-state index contributed by atoms with van der Waals surface area (Å²) in [5.74, 6) is 1.08. The first-order valence-corrected chi connectivity index (χ1v) is 7.68. The predicted molar refractivity (Wildman–Crippen MR) is 88.6 cm³/mol. The minimum absolute atomic E-state index is 0.533. The average Bonchev–Trinajstić information content (AvgIpc) is 2.54. The number of aromatic nitrogens is 1. The number of piperidine rings is 1. The highest BCUT2D eigenvalue weighted by Crippen LogP contribution is 2.29. The van der Waals surface area contributed by atoms with Crippen molar-refractivity contribution in [2.24, 2.45) is 5.73 Å². The fraction of sp³-hybridized carbons (Fsp3) is 0.471. The van der Waals surface area contributed by atoms with Gasteiger partial charge >= 0.3 is 0 Å². The smallest absolute Gasteiger partial charge is 0.136 e. The highest BCUT2D eigenvalue weighted by atomic mass is 15.2. The van der Waals surface area contributed by atoms with Crippen LogP contribution < -0.4 is 10.6 Å². The van der Waals surface area contributed by atoms with E-state index in [1.807, 2.05) is 6.20 Å². The van der Waals surface area contributed by atoms with E-state index in [0.29, 0.717) is 12.6 Å². The SMILES string of the molecule is CN1CCC(N(C)c2ncc(CN)c3ccccc23)CC1. The molecule has 1 saturated heterocycles. The van der Waals surface area contributed by atoms with E-state index < -0.39 is 0 Å². The van der Waals surface area contributed by atoms with Crippen LogP contribution in [0.25, 0.3) is 10.8 Å². The molecule has 1 aromatic heterocycles. The highest BCUT2D eigenvalue weighted by molar-refractivity contribution is 5.94. The molecule has 4 heteroatoms. The molecule has 0 spiro atoms.